The zero-order valence-corrected chi connectivity index (χ0v) is 21.1. The molecule has 1 aromatic heterocycles. The lowest BCUT2D eigenvalue weighted by molar-refractivity contribution is -0.161. The first kappa shape index (κ1) is 25.3. The monoisotopic (exact) mass is 537 g/mol. The molecule has 2 aromatic carbocycles. The number of aliphatic carboxylic acids is 1. The van der Waals surface area contributed by atoms with E-state index in [1.807, 2.05) is 0 Å². The molecular formula is C26H23N3O8S. The highest BCUT2D eigenvalue weighted by Gasteiger charge is 2.64. The van der Waals surface area contributed by atoms with E-state index in [2.05, 4.69) is 10.6 Å². The van der Waals surface area contributed by atoms with Crippen molar-refractivity contribution in [2.24, 2.45) is 0 Å². The fraction of sp³-hybridized carbons (Fsp3) is 0.269. The van der Waals surface area contributed by atoms with Gasteiger partial charge in [-0.05, 0) is 49.7 Å². The molecule has 0 aliphatic carbocycles. The molecule has 3 atom stereocenters. The summed E-state index contributed by atoms with van der Waals surface area (Å²) in [5.41, 5.74) is -0.208. The Morgan fingerprint density at radius 1 is 1.11 bits per heavy atom. The molecule has 2 aliphatic heterocycles. The van der Waals surface area contributed by atoms with Crippen LogP contribution in [-0.2, 0) is 20.8 Å². The predicted molar refractivity (Wildman–Crippen MR) is 138 cm³/mol. The van der Waals surface area contributed by atoms with Gasteiger partial charge in [0, 0.05) is 15.8 Å². The maximum Gasteiger partial charge on any atom is 0.349 e. The SMILES string of the molecule is CC1(C)S[C@@H]2C(NC(=O)Cc3ccccc3NC(=O)c3cc4cc(O)ccc4oc3=O)C(=O)N2[C@H]1C(=O)O. The molecule has 1 unspecified atom stereocenters. The minimum absolute atomic E-state index is 0.0554. The Morgan fingerprint density at radius 2 is 1.84 bits per heavy atom. The third-order valence-electron chi connectivity index (χ3n) is 6.57. The van der Waals surface area contributed by atoms with Gasteiger partial charge in [-0.2, -0.15) is 0 Å². The molecule has 38 heavy (non-hydrogen) atoms. The van der Waals surface area contributed by atoms with Crippen LogP contribution in [0.2, 0.25) is 0 Å². The number of phenolic OH excluding ortho intramolecular Hbond substituents is 1. The summed E-state index contributed by atoms with van der Waals surface area (Å²) in [6.07, 6.45) is -0.177. The number of para-hydroxylation sites is 1. The van der Waals surface area contributed by atoms with E-state index in [0.717, 1.165) is 0 Å². The van der Waals surface area contributed by atoms with Crippen molar-refractivity contribution in [3.05, 3.63) is 70.1 Å². The first-order valence-electron chi connectivity index (χ1n) is 11.6. The highest BCUT2D eigenvalue weighted by Crippen LogP contribution is 2.50. The summed E-state index contributed by atoms with van der Waals surface area (Å²) < 4.78 is 4.47. The molecule has 4 N–H and O–H groups in total. The Labute approximate surface area is 219 Å². The molecule has 196 valence electrons. The van der Waals surface area contributed by atoms with Crippen molar-refractivity contribution in [2.45, 2.75) is 42.5 Å². The molecule has 0 spiro atoms. The normalized spacial score (nSPS) is 21.5. The Hall–Kier alpha value is -4.32. The fourth-order valence-electron chi connectivity index (χ4n) is 4.80. The minimum atomic E-state index is -1.09. The number of β-lactam (4-membered cyclic amide) rings is 1. The van der Waals surface area contributed by atoms with Gasteiger partial charge in [-0.1, -0.05) is 18.2 Å². The van der Waals surface area contributed by atoms with E-state index in [1.54, 1.807) is 38.1 Å². The van der Waals surface area contributed by atoms with Gasteiger partial charge in [0.15, 0.2) is 0 Å². The van der Waals surface area contributed by atoms with Gasteiger partial charge in [0.2, 0.25) is 11.8 Å². The largest absolute Gasteiger partial charge is 0.508 e. The van der Waals surface area contributed by atoms with Crippen molar-refractivity contribution in [3.63, 3.8) is 0 Å². The van der Waals surface area contributed by atoms with Crippen molar-refractivity contribution in [2.75, 3.05) is 5.32 Å². The van der Waals surface area contributed by atoms with Crippen LogP contribution in [0.1, 0.15) is 29.8 Å². The minimum Gasteiger partial charge on any atom is -0.508 e. The fourth-order valence-corrected chi connectivity index (χ4v) is 6.42. The van der Waals surface area contributed by atoms with Gasteiger partial charge in [-0.15, -0.1) is 11.8 Å². The standard InChI is InChI=1S/C26H23N3O8S/c1-26(2)20(24(34)35)29-22(33)19(23(29)38-26)28-18(31)11-12-5-3-4-6-16(12)27-21(32)15-10-13-9-14(30)7-8-17(13)37-25(15)36/h3-10,19-20,23,30H,11H2,1-2H3,(H,27,32)(H,28,31)(H,34,35)/t19?,20-,23+/m0/s1. The Balaban J connectivity index is 1.29. The predicted octanol–water partition coefficient (Wildman–Crippen LogP) is 1.93. The van der Waals surface area contributed by atoms with Crippen LogP contribution in [-0.4, -0.2) is 61.0 Å². The van der Waals surface area contributed by atoms with E-state index in [1.165, 1.54) is 40.9 Å². The number of carboxylic acids is 1. The van der Waals surface area contributed by atoms with Gasteiger partial charge in [-0.3, -0.25) is 14.4 Å². The number of phenols is 1. The molecule has 5 rings (SSSR count). The summed E-state index contributed by atoms with van der Waals surface area (Å²) >= 11 is 1.32. The topological polar surface area (TPSA) is 166 Å². The number of hydrogen-bond donors (Lipinski definition) is 4. The van der Waals surface area contributed by atoms with Crippen molar-refractivity contribution >= 4 is 52.1 Å². The number of amides is 3. The highest BCUT2D eigenvalue weighted by molar-refractivity contribution is 8.01. The molecule has 2 fully saturated rings. The zero-order chi connectivity index (χ0) is 27.4. The van der Waals surface area contributed by atoms with Crippen LogP contribution < -0.4 is 16.3 Å². The van der Waals surface area contributed by atoms with Crippen molar-refractivity contribution in [1.29, 1.82) is 0 Å². The summed E-state index contributed by atoms with van der Waals surface area (Å²) in [4.78, 5) is 63.8. The highest BCUT2D eigenvalue weighted by atomic mass is 32.2. The van der Waals surface area contributed by atoms with Crippen LogP contribution in [0.5, 0.6) is 5.75 Å². The smallest absolute Gasteiger partial charge is 0.349 e. The molecule has 11 nitrogen and oxygen atoms in total. The van der Waals surface area contributed by atoms with Gasteiger partial charge in [-0.25, -0.2) is 9.59 Å². The number of fused-ring (bicyclic) bond motifs is 2. The van der Waals surface area contributed by atoms with Crippen LogP contribution >= 0.6 is 11.8 Å². The number of rotatable bonds is 6. The third-order valence-corrected chi connectivity index (χ3v) is 8.14. The third kappa shape index (κ3) is 4.36. The van der Waals surface area contributed by atoms with Gasteiger partial charge in [0.25, 0.3) is 5.91 Å². The summed E-state index contributed by atoms with van der Waals surface area (Å²) in [6.45, 7) is 3.50. The maximum absolute atomic E-state index is 12.9. The van der Waals surface area contributed by atoms with Crippen molar-refractivity contribution in [1.82, 2.24) is 10.2 Å². The maximum atomic E-state index is 12.9. The quantitative estimate of drug-likeness (QED) is 0.271. The summed E-state index contributed by atoms with van der Waals surface area (Å²) in [5, 5.41) is 24.4. The number of nitrogens with one attached hydrogen (secondary N) is 2. The molecule has 3 amide bonds. The van der Waals surface area contributed by atoms with Crippen LogP contribution in [0.4, 0.5) is 5.69 Å². The summed E-state index contributed by atoms with van der Waals surface area (Å²) in [6, 6.07) is 10.1. The molecule has 12 heteroatoms. The second-order valence-electron chi connectivity index (χ2n) is 9.60. The van der Waals surface area contributed by atoms with E-state index >= 15 is 0 Å². The van der Waals surface area contributed by atoms with Crippen molar-refractivity contribution in [3.8, 4) is 5.75 Å². The van der Waals surface area contributed by atoms with Crippen LogP contribution in [0.3, 0.4) is 0 Å². The molecular weight excluding hydrogens is 514 g/mol. The molecule has 0 radical (unpaired) electrons. The number of benzene rings is 2. The molecule has 3 aromatic rings. The number of hydrogen-bond acceptors (Lipinski definition) is 8. The zero-order valence-electron chi connectivity index (χ0n) is 20.3. The second-order valence-corrected chi connectivity index (χ2v) is 11.4. The average Bonchev–Trinajstić information content (AvgIpc) is 3.11. The molecule has 0 bridgehead atoms. The Morgan fingerprint density at radius 3 is 2.58 bits per heavy atom. The van der Waals surface area contributed by atoms with Gasteiger partial charge in [0.05, 0.1) is 6.42 Å². The average molecular weight is 538 g/mol. The van der Waals surface area contributed by atoms with Gasteiger partial charge >= 0.3 is 11.6 Å². The van der Waals surface area contributed by atoms with Gasteiger partial charge < -0.3 is 30.2 Å². The molecule has 0 saturated carbocycles. The molecule has 2 aliphatic rings. The lowest BCUT2D eigenvalue weighted by Crippen LogP contribution is -2.70. The van der Waals surface area contributed by atoms with E-state index in [4.69, 9.17) is 4.42 Å². The number of nitrogens with zero attached hydrogens (tertiary/aromatic N) is 1. The number of carbonyl (C=O) groups is 4. The van der Waals surface area contributed by atoms with E-state index in [0.29, 0.717) is 10.9 Å². The Bertz CT molecular complexity index is 1570. The summed E-state index contributed by atoms with van der Waals surface area (Å²) in [5.74, 6) is -2.84. The van der Waals surface area contributed by atoms with Gasteiger partial charge in [0.1, 0.15) is 34.4 Å². The lowest BCUT2D eigenvalue weighted by atomic mass is 9.96. The summed E-state index contributed by atoms with van der Waals surface area (Å²) in [7, 11) is 0. The number of carbonyl (C=O) groups excluding carboxylic acids is 3. The van der Waals surface area contributed by atoms with Crippen LogP contribution in [0, 0.1) is 0 Å². The van der Waals surface area contributed by atoms with E-state index in [-0.39, 0.29) is 29.0 Å². The first-order valence-corrected chi connectivity index (χ1v) is 12.5. The molecule has 3 heterocycles. The Kier molecular flexibility index (Phi) is 6.14. The number of carboxylic acid groups (broad SMARTS) is 1. The first-order chi connectivity index (χ1) is 18.0. The molecule has 2 saturated heterocycles. The van der Waals surface area contributed by atoms with Crippen LogP contribution in [0.25, 0.3) is 11.0 Å². The lowest BCUT2D eigenvalue weighted by Gasteiger charge is -2.43. The van der Waals surface area contributed by atoms with E-state index in [9.17, 15) is 34.2 Å². The van der Waals surface area contributed by atoms with E-state index < -0.39 is 51.5 Å². The number of thioether (sulfide) groups is 1. The van der Waals surface area contributed by atoms with Crippen LogP contribution in [0.15, 0.2) is 57.7 Å². The number of anilines is 1. The second kappa shape index (κ2) is 9.21. The number of aromatic hydroxyl groups is 1. The van der Waals surface area contributed by atoms with Crippen molar-refractivity contribution < 1.29 is 33.8 Å².